The zero-order valence-electron chi connectivity index (χ0n) is 9.51. The third-order valence-corrected chi connectivity index (χ3v) is 3.09. The second kappa shape index (κ2) is 6.61. The van der Waals surface area contributed by atoms with E-state index in [1.165, 1.54) is 0 Å². The first kappa shape index (κ1) is 14.0. The number of thioether (sulfide) groups is 1. The summed E-state index contributed by atoms with van der Waals surface area (Å²) in [5.74, 6) is 1.53. The van der Waals surface area contributed by atoms with Crippen LogP contribution in [0.5, 0.6) is 0 Å². The molecule has 1 aromatic heterocycles. The number of nitrogens with zero attached hydrogens (tertiary/aromatic N) is 3. The fourth-order valence-electron chi connectivity index (χ4n) is 1.23. The molecule has 1 unspecified atom stereocenters. The summed E-state index contributed by atoms with van der Waals surface area (Å²) in [7, 11) is 0. The van der Waals surface area contributed by atoms with Gasteiger partial charge in [0.1, 0.15) is 6.20 Å². The summed E-state index contributed by atoms with van der Waals surface area (Å²) >= 11 is 7.33. The Morgan fingerprint density at radius 3 is 3.00 bits per heavy atom. The Kier molecular flexibility index (Phi) is 5.43. The van der Waals surface area contributed by atoms with Crippen molar-refractivity contribution < 1.29 is 4.92 Å². The lowest BCUT2D eigenvalue weighted by atomic mass is 10.2. The summed E-state index contributed by atoms with van der Waals surface area (Å²) in [4.78, 5) is 17.6. The third kappa shape index (κ3) is 4.35. The number of nitro groups is 1. The van der Waals surface area contributed by atoms with Crippen molar-refractivity contribution >= 4 is 34.9 Å². The highest BCUT2D eigenvalue weighted by molar-refractivity contribution is 7.98. The molecule has 0 aliphatic carbocycles. The maximum absolute atomic E-state index is 10.7. The van der Waals surface area contributed by atoms with Crippen molar-refractivity contribution in [3.05, 3.63) is 21.6 Å². The van der Waals surface area contributed by atoms with Gasteiger partial charge in [-0.3, -0.25) is 10.1 Å². The average Bonchev–Trinajstić information content (AvgIpc) is 2.26. The van der Waals surface area contributed by atoms with Crippen molar-refractivity contribution in [3.8, 4) is 0 Å². The lowest BCUT2D eigenvalue weighted by molar-refractivity contribution is -0.384. The van der Waals surface area contributed by atoms with Gasteiger partial charge in [0.05, 0.1) is 4.92 Å². The fraction of sp³-hybridized carbons (Fsp3) is 0.556. The molecule has 0 aliphatic heterocycles. The van der Waals surface area contributed by atoms with Crippen LogP contribution in [-0.4, -0.2) is 33.4 Å². The second-order valence-corrected chi connectivity index (χ2v) is 4.82. The second-order valence-electron chi connectivity index (χ2n) is 3.57. The molecule has 1 atom stereocenters. The lowest BCUT2D eigenvalue weighted by Gasteiger charge is -2.11. The zero-order valence-corrected chi connectivity index (χ0v) is 11.1. The Morgan fingerprint density at radius 2 is 2.41 bits per heavy atom. The maximum atomic E-state index is 10.7. The van der Waals surface area contributed by atoms with E-state index in [-0.39, 0.29) is 16.8 Å². The molecule has 0 amide bonds. The van der Waals surface area contributed by atoms with E-state index < -0.39 is 4.92 Å². The van der Waals surface area contributed by atoms with Crippen LogP contribution in [0.15, 0.2) is 6.20 Å². The predicted molar refractivity (Wildman–Crippen MR) is 69.7 cm³/mol. The monoisotopic (exact) mass is 276 g/mol. The number of anilines is 1. The molecule has 1 aromatic rings. The Hall–Kier alpha value is -1.08. The predicted octanol–water partition coefficient (Wildman–Crippen LogP) is 2.45. The van der Waals surface area contributed by atoms with E-state index in [4.69, 9.17) is 11.6 Å². The minimum atomic E-state index is -0.530. The van der Waals surface area contributed by atoms with Crippen LogP contribution in [0.25, 0.3) is 0 Å². The average molecular weight is 277 g/mol. The highest BCUT2D eigenvalue weighted by atomic mass is 35.5. The van der Waals surface area contributed by atoms with Crippen LogP contribution < -0.4 is 5.32 Å². The molecule has 0 aliphatic rings. The summed E-state index contributed by atoms with van der Waals surface area (Å²) < 4.78 is 0. The van der Waals surface area contributed by atoms with Crippen molar-refractivity contribution in [3.63, 3.8) is 0 Å². The van der Waals surface area contributed by atoms with Gasteiger partial charge >= 0.3 is 5.69 Å². The van der Waals surface area contributed by atoms with Gasteiger partial charge in [0.2, 0.25) is 11.1 Å². The molecule has 8 heteroatoms. The molecule has 94 valence electrons. The highest BCUT2D eigenvalue weighted by Gasteiger charge is 2.17. The topological polar surface area (TPSA) is 81.0 Å². The van der Waals surface area contributed by atoms with Gasteiger partial charge in [0.15, 0.2) is 0 Å². The molecule has 0 radical (unpaired) electrons. The lowest BCUT2D eigenvalue weighted by Crippen LogP contribution is -2.15. The van der Waals surface area contributed by atoms with Crippen LogP contribution in [0.1, 0.15) is 6.92 Å². The molecule has 1 N–H and O–H groups in total. The van der Waals surface area contributed by atoms with E-state index in [0.29, 0.717) is 12.5 Å². The molecule has 0 bridgehead atoms. The van der Waals surface area contributed by atoms with E-state index >= 15 is 0 Å². The van der Waals surface area contributed by atoms with Crippen molar-refractivity contribution in [2.75, 3.05) is 23.9 Å². The largest absolute Gasteiger partial charge is 0.364 e. The summed E-state index contributed by atoms with van der Waals surface area (Å²) in [6, 6.07) is 0. The Morgan fingerprint density at radius 1 is 1.71 bits per heavy atom. The van der Waals surface area contributed by atoms with E-state index in [1.54, 1.807) is 11.8 Å². The number of halogens is 1. The van der Waals surface area contributed by atoms with Gasteiger partial charge in [-0.15, -0.1) is 0 Å². The van der Waals surface area contributed by atoms with Gasteiger partial charge in [0, 0.05) is 6.54 Å². The Bertz CT molecular complexity index is 405. The summed E-state index contributed by atoms with van der Waals surface area (Å²) in [5.41, 5.74) is -0.161. The Balaban J connectivity index is 2.75. The first-order chi connectivity index (χ1) is 8.04. The number of hydrogen-bond donors (Lipinski definition) is 1. The van der Waals surface area contributed by atoms with Crippen molar-refractivity contribution in [2.45, 2.75) is 6.92 Å². The first-order valence-corrected chi connectivity index (χ1v) is 6.71. The van der Waals surface area contributed by atoms with Gasteiger partial charge in [0.25, 0.3) is 0 Å². The molecular weight excluding hydrogens is 264 g/mol. The molecular formula is C9H13ClN4O2S. The molecule has 1 rings (SSSR count). The van der Waals surface area contributed by atoms with Crippen LogP contribution >= 0.6 is 23.4 Å². The maximum Gasteiger partial charge on any atom is 0.329 e. The standard InChI is InChI=1S/C9H13ClN4O2S/c1-6(5-17-2)3-11-8-7(14(15)16)4-12-9(10)13-8/h4,6H,3,5H2,1-2H3,(H,11,12,13). The smallest absolute Gasteiger partial charge is 0.329 e. The van der Waals surface area contributed by atoms with Crippen molar-refractivity contribution in [2.24, 2.45) is 5.92 Å². The van der Waals surface area contributed by atoms with Crippen LogP contribution in [-0.2, 0) is 0 Å². The van der Waals surface area contributed by atoms with Crippen molar-refractivity contribution in [1.82, 2.24) is 9.97 Å². The van der Waals surface area contributed by atoms with Gasteiger partial charge < -0.3 is 5.32 Å². The number of hydrogen-bond acceptors (Lipinski definition) is 6. The number of rotatable bonds is 6. The van der Waals surface area contributed by atoms with E-state index in [0.717, 1.165) is 11.9 Å². The molecule has 17 heavy (non-hydrogen) atoms. The summed E-state index contributed by atoms with van der Waals surface area (Å²) in [6.45, 7) is 2.66. The van der Waals surface area contributed by atoms with Crippen molar-refractivity contribution in [1.29, 1.82) is 0 Å². The third-order valence-electron chi connectivity index (χ3n) is 2.01. The van der Waals surface area contributed by atoms with Gasteiger partial charge in [-0.2, -0.15) is 16.7 Å². The SMILES string of the molecule is CSCC(C)CNc1nc(Cl)ncc1[N+](=O)[O-]. The highest BCUT2D eigenvalue weighted by Crippen LogP contribution is 2.22. The first-order valence-electron chi connectivity index (χ1n) is 4.94. The minimum Gasteiger partial charge on any atom is -0.364 e. The summed E-state index contributed by atoms with van der Waals surface area (Å²) in [6.07, 6.45) is 3.12. The molecule has 0 spiro atoms. The number of aromatic nitrogens is 2. The quantitative estimate of drug-likeness (QED) is 0.488. The van der Waals surface area contributed by atoms with Gasteiger partial charge in [-0.25, -0.2) is 4.98 Å². The minimum absolute atomic E-state index is 0.00406. The molecule has 0 aromatic carbocycles. The van der Waals surface area contributed by atoms with Crippen LogP contribution in [0.4, 0.5) is 11.5 Å². The zero-order chi connectivity index (χ0) is 12.8. The van der Waals surface area contributed by atoms with Gasteiger partial charge in [-0.1, -0.05) is 6.92 Å². The molecule has 6 nitrogen and oxygen atoms in total. The molecule has 0 saturated carbocycles. The number of nitrogens with one attached hydrogen (secondary N) is 1. The van der Waals surface area contributed by atoms with Crippen LogP contribution in [0.3, 0.4) is 0 Å². The Labute approximate surface area is 108 Å². The van der Waals surface area contributed by atoms with E-state index in [9.17, 15) is 10.1 Å². The summed E-state index contributed by atoms with van der Waals surface area (Å²) in [5, 5.41) is 13.7. The molecule has 0 saturated heterocycles. The molecule has 0 fully saturated rings. The normalized spacial score (nSPS) is 12.2. The van der Waals surface area contributed by atoms with Crippen LogP contribution in [0.2, 0.25) is 5.28 Å². The van der Waals surface area contributed by atoms with E-state index in [1.807, 2.05) is 6.26 Å². The van der Waals surface area contributed by atoms with E-state index in [2.05, 4.69) is 22.2 Å². The van der Waals surface area contributed by atoms with Gasteiger partial charge in [-0.05, 0) is 29.5 Å². The fourth-order valence-corrected chi connectivity index (χ4v) is 2.05. The van der Waals surface area contributed by atoms with Crippen LogP contribution in [0, 0.1) is 16.0 Å². The molecule has 1 heterocycles.